The van der Waals surface area contributed by atoms with E-state index in [9.17, 15) is 4.79 Å². The van der Waals surface area contributed by atoms with E-state index >= 15 is 0 Å². The van der Waals surface area contributed by atoms with Gasteiger partial charge in [0.2, 0.25) is 0 Å². The highest BCUT2D eigenvalue weighted by Gasteiger charge is 2.19. The number of nitrogens with zero attached hydrogens (tertiary/aromatic N) is 1. The van der Waals surface area contributed by atoms with Gasteiger partial charge in [-0.15, -0.1) is 11.3 Å². The van der Waals surface area contributed by atoms with Gasteiger partial charge in [-0.3, -0.25) is 4.79 Å². The molecule has 1 heterocycles. The predicted molar refractivity (Wildman–Crippen MR) is 85.0 cm³/mol. The van der Waals surface area contributed by atoms with E-state index in [-0.39, 0.29) is 5.91 Å². The van der Waals surface area contributed by atoms with Crippen LogP contribution < -0.4 is 4.74 Å². The summed E-state index contributed by atoms with van der Waals surface area (Å²) in [6.45, 7) is 2.37. The van der Waals surface area contributed by atoms with Gasteiger partial charge in [0.25, 0.3) is 5.91 Å². The Morgan fingerprint density at radius 3 is 2.60 bits per heavy atom. The molecule has 0 saturated carbocycles. The Hall–Kier alpha value is -1.33. The van der Waals surface area contributed by atoms with Gasteiger partial charge in [0.05, 0.1) is 10.3 Å². The maximum absolute atomic E-state index is 12.3. The largest absolute Gasteiger partial charge is 0.481 e. The third kappa shape index (κ3) is 4.08. The zero-order chi connectivity index (χ0) is 14.5. The number of hydrogen-bond acceptors (Lipinski definition) is 3. The second-order valence-electron chi connectivity index (χ2n) is 4.47. The van der Waals surface area contributed by atoms with Crippen LogP contribution in [0.5, 0.6) is 5.75 Å². The molecule has 0 aliphatic rings. The molecular weight excluding hydrogens is 338 g/mol. The molecule has 2 rings (SSSR count). The maximum atomic E-state index is 12.3. The van der Waals surface area contributed by atoms with Crippen molar-refractivity contribution in [1.29, 1.82) is 0 Å². The quantitative estimate of drug-likeness (QED) is 0.814. The Labute approximate surface area is 131 Å². The Kier molecular flexibility index (Phi) is 5.20. The van der Waals surface area contributed by atoms with Crippen molar-refractivity contribution in [2.75, 3.05) is 7.05 Å². The van der Waals surface area contributed by atoms with Gasteiger partial charge >= 0.3 is 0 Å². The SMILES string of the molecule is CC(Oc1ccccc1)C(=O)N(C)Cc1ccc(Br)s1. The lowest BCUT2D eigenvalue weighted by atomic mass is 10.3. The van der Waals surface area contributed by atoms with E-state index in [0.717, 1.165) is 8.66 Å². The molecule has 0 radical (unpaired) electrons. The number of carbonyl (C=O) groups excluding carboxylic acids is 1. The summed E-state index contributed by atoms with van der Waals surface area (Å²) in [5.74, 6) is 0.680. The molecule has 0 bridgehead atoms. The zero-order valence-corrected chi connectivity index (χ0v) is 13.8. The van der Waals surface area contributed by atoms with E-state index in [0.29, 0.717) is 12.3 Å². The number of hydrogen-bond donors (Lipinski definition) is 0. The average Bonchev–Trinajstić information content (AvgIpc) is 2.84. The number of thiophene rings is 1. The Morgan fingerprint density at radius 2 is 2.00 bits per heavy atom. The van der Waals surface area contributed by atoms with Crippen LogP contribution in [0.2, 0.25) is 0 Å². The van der Waals surface area contributed by atoms with Gasteiger partial charge in [-0.05, 0) is 47.1 Å². The summed E-state index contributed by atoms with van der Waals surface area (Å²) in [4.78, 5) is 15.1. The fourth-order valence-electron chi connectivity index (χ4n) is 1.81. The summed E-state index contributed by atoms with van der Waals surface area (Å²) in [5, 5.41) is 0. The lowest BCUT2D eigenvalue weighted by Crippen LogP contribution is -2.37. The molecule has 0 fully saturated rings. The zero-order valence-electron chi connectivity index (χ0n) is 11.4. The van der Waals surface area contributed by atoms with Crippen LogP contribution in [0.1, 0.15) is 11.8 Å². The average molecular weight is 354 g/mol. The predicted octanol–water partition coefficient (Wildman–Crippen LogP) is 3.94. The van der Waals surface area contributed by atoms with E-state index in [1.54, 1.807) is 30.2 Å². The minimum atomic E-state index is -0.495. The highest BCUT2D eigenvalue weighted by atomic mass is 79.9. The van der Waals surface area contributed by atoms with Gasteiger partial charge < -0.3 is 9.64 Å². The molecule has 0 saturated heterocycles. The third-order valence-corrected chi connectivity index (χ3v) is 4.41. The van der Waals surface area contributed by atoms with Crippen molar-refractivity contribution in [3.8, 4) is 5.75 Å². The molecule has 1 amide bonds. The summed E-state index contributed by atoms with van der Waals surface area (Å²) in [6, 6.07) is 13.4. The monoisotopic (exact) mass is 353 g/mol. The van der Waals surface area contributed by atoms with E-state index in [1.807, 2.05) is 42.5 Å². The lowest BCUT2D eigenvalue weighted by molar-refractivity contribution is -0.137. The molecule has 1 unspecified atom stereocenters. The van der Waals surface area contributed by atoms with Crippen LogP contribution in [0.4, 0.5) is 0 Å². The molecule has 106 valence electrons. The van der Waals surface area contributed by atoms with Gasteiger partial charge in [-0.1, -0.05) is 18.2 Å². The first-order valence-electron chi connectivity index (χ1n) is 6.27. The summed E-state index contributed by atoms with van der Waals surface area (Å²) >= 11 is 5.05. The lowest BCUT2D eigenvalue weighted by Gasteiger charge is -2.21. The van der Waals surface area contributed by atoms with Gasteiger partial charge in [0, 0.05) is 11.9 Å². The van der Waals surface area contributed by atoms with Crippen LogP contribution in [-0.4, -0.2) is 24.0 Å². The Bertz CT molecular complexity index is 570. The van der Waals surface area contributed by atoms with Crippen LogP contribution in [0.3, 0.4) is 0 Å². The van der Waals surface area contributed by atoms with Crippen LogP contribution in [0, 0.1) is 0 Å². The van der Waals surface area contributed by atoms with E-state index in [4.69, 9.17) is 4.74 Å². The van der Waals surface area contributed by atoms with Crippen molar-refractivity contribution in [3.63, 3.8) is 0 Å². The van der Waals surface area contributed by atoms with Crippen molar-refractivity contribution in [3.05, 3.63) is 51.1 Å². The number of amides is 1. The summed E-state index contributed by atoms with van der Waals surface area (Å²) in [7, 11) is 1.79. The first-order valence-corrected chi connectivity index (χ1v) is 7.88. The van der Waals surface area contributed by atoms with Gasteiger partial charge in [-0.2, -0.15) is 0 Å². The molecule has 1 atom stereocenters. The van der Waals surface area contributed by atoms with E-state index in [1.165, 1.54) is 0 Å². The minimum Gasteiger partial charge on any atom is -0.481 e. The van der Waals surface area contributed by atoms with Crippen LogP contribution in [0.15, 0.2) is 46.3 Å². The van der Waals surface area contributed by atoms with Crippen molar-refractivity contribution >= 4 is 33.2 Å². The molecule has 2 aromatic rings. The standard InChI is InChI=1S/C15H16BrNO2S/c1-11(19-12-6-4-3-5-7-12)15(18)17(2)10-13-8-9-14(16)20-13/h3-9,11H,10H2,1-2H3. The molecular formula is C15H16BrNO2S. The van der Waals surface area contributed by atoms with Crippen molar-refractivity contribution in [2.24, 2.45) is 0 Å². The fraction of sp³-hybridized carbons (Fsp3) is 0.267. The fourth-order valence-corrected chi connectivity index (χ4v) is 3.35. The van der Waals surface area contributed by atoms with Gasteiger partial charge in [0.1, 0.15) is 5.75 Å². The topological polar surface area (TPSA) is 29.5 Å². The molecule has 5 heteroatoms. The molecule has 1 aromatic carbocycles. The van der Waals surface area contributed by atoms with Crippen molar-refractivity contribution in [2.45, 2.75) is 19.6 Å². The molecule has 1 aromatic heterocycles. The summed E-state index contributed by atoms with van der Waals surface area (Å²) in [5.41, 5.74) is 0. The molecule has 3 nitrogen and oxygen atoms in total. The molecule has 20 heavy (non-hydrogen) atoms. The number of benzene rings is 1. The smallest absolute Gasteiger partial charge is 0.263 e. The number of para-hydroxylation sites is 1. The number of rotatable bonds is 5. The third-order valence-electron chi connectivity index (χ3n) is 2.80. The molecule has 0 N–H and O–H groups in total. The molecule has 0 aliphatic heterocycles. The molecule has 0 spiro atoms. The first-order chi connectivity index (χ1) is 9.56. The van der Waals surface area contributed by atoms with Gasteiger partial charge in [0.15, 0.2) is 6.10 Å². The van der Waals surface area contributed by atoms with Crippen molar-refractivity contribution < 1.29 is 9.53 Å². The highest BCUT2D eigenvalue weighted by Crippen LogP contribution is 2.23. The number of ether oxygens (including phenoxy) is 1. The second-order valence-corrected chi connectivity index (χ2v) is 7.02. The Morgan fingerprint density at radius 1 is 1.30 bits per heavy atom. The molecule has 0 aliphatic carbocycles. The highest BCUT2D eigenvalue weighted by molar-refractivity contribution is 9.11. The maximum Gasteiger partial charge on any atom is 0.263 e. The first kappa shape index (κ1) is 15.1. The van der Waals surface area contributed by atoms with E-state index < -0.39 is 6.10 Å². The van der Waals surface area contributed by atoms with Crippen LogP contribution in [-0.2, 0) is 11.3 Å². The Balaban J connectivity index is 1.92. The summed E-state index contributed by atoms with van der Waals surface area (Å²) in [6.07, 6.45) is -0.495. The van der Waals surface area contributed by atoms with Crippen LogP contribution in [0.25, 0.3) is 0 Å². The number of halogens is 1. The van der Waals surface area contributed by atoms with Gasteiger partial charge in [-0.25, -0.2) is 0 Å². The normalized spacial score (nSPS) is 11.9. The number of likely N-dealkylation sites (N-methyl/N-ethyl adjacent to an activating group) is 1. The summed E-state index contributed by atoms with van der Waals surface area (Å²) < 4.78 is 6.71. The second kappa shape index (κ2) is 6.90. The number of carbonyl (C=O) groups is 1. The minimum absolute atomic E-state index is 0.0293. The van der Waals surface area contributed by atoms with E-state index in [2.05, 4.69) is 15.9 Å². The van der Waals surface area contributed by atoms with Crippen LogP contribution >= 0.6 is 27.3 Å². The van der Waals surface area contributed by atoms with Crippen molar-refractivity contribution in [1.82, 2.24) is 4.90 Å².